The minimum absolute atomic E-state index is 0.619. The maximum absolute atomic E-state index is 5.66. The predicted octanol–water partition coefficient (Wildman–Crippen LogP) is 2.25. The van der Waals surface area contributed by atoms with Gasteiger partial charge in [-0.1, -0.05) is 0 Å². The van der Waals surface area contributed by atoms with E-state index in [1.54, 1.807) is 7.11 Å². The van der Waals surface area contributed by atoms with Crippen molar-refractivity contribution in [1.29, 1.82) is 0 Å². The molecule has 1 N–H and O–H groups in total. The lowest BCUT2D eigenvalue weighted by molar-refractivity contribution is 0.106. The van der Waals surface area contributed by atoms with Gasteiger partial charge in [-0.15, -0.1) is 0 Å². The van der Waals surface area contributed by atoms with Crippen LogP contribution < -0.4 is 5.32 Å². The molecule has 1 aromatic rings. The van der Waals surface area contributed by atoms with Crippen molar-refractivity contribution in [2.24, 2.45) is 5.92 Å². The second-order valence-corrected chi connectivity index (χ2v) is 5.49. The number of nitrogens with zero attached hydrogens (tertiary/aromatic N) is 1. The van der Waals surface area contributed by atoms with E-state index in [1.165, 1.54) is 18.4 Å². The van der Waals surface area contributed by atoms with Gasteiger partial charge in [-0.05, 0) is 38.8 Å². The summed E-state index contributed by atoms with van der Waals surface area (Å²) in [5.41, 5.74) is 1.21. The zero-order chi connectivity index (χ0) is 13.7. The molecule has 2 rings (SSSR count). The average Bonchev–Trinajstić information content (AvgIpc) is 3.16. The summed E-state index contributed by atoms with van der Waals surface area (Å²) < 4.78 is 10.9. The molecule has 0 aliphatic heterocycles. The molecule has 0 radical (unpaired) electrons. The van der Waals surface area contributed by atoms with Crippen LogP contribution in [-0.4, -0.2) is 38.3 Å². The van der Waals surface area contributed by atoms with Gasteiger partial charge < -0.3 is 14.5 Å². The molecule has 1 atom stereocenters. The van der Waals surface area contributed by atoms with Crippen molar-refractivity contribution in [2.75, 3.05) is 27.3 Å². The molecule has 1 saturated carbocycles. The van der Waals surface area contributed by atoms with Gasteiger partial charge in [-0.3, -0.25) is 4.90 Å². The van der Waals surface area contributed by atoms with E-state index >= 15 is 0 Å². The van der Waals surface area contributed by atoms with Gasteiger partial charge in [0, 0.05) is 31.8 Å². The molecular formula is C15H26N2O2. The van der Waals surface area contributed by atoms with E-state index < -0.39 is 0 Å². The molecule has 0 saturated heterocycles. The van der Waals surface area contributed by atoms with E-state index in [-0.39, 0.29) is 0 Å². The maximum Gasteiger partial charge on any atom is 0.118 e. The van der Waals surface area contributed by atoms with E-state index in [0.717, 1.165) is 37.9 Å². The second-order valence-electron chi connectivity index (χ2n) is 5.49. The summed E-state index contributed by atoms with van der Waals surface area (Å²) in [5.74, 6) is 1.91. The first-order chi connectivity index (χ1) is 9.24. The van der Waals surface area contributed by atoms with Crippen LogP contribution in [0, 0.1) is 5.92 Å². The van der Waals surface area contributed by atoms with Crippen LogP contribution in [0.2, 0.25) is 0 Å². The zero-order valence-electron chi connectivity index (χ0n) is 12.3. The summed E-state index contributed by atoms with van der Waals surface area (Å²) in [6, 6.07) is 2.77. The monoisotopic (exact) mass is 266 g/mol. The predicted molar refractivity (Wildman–Crippen MR) is 75.9 cm³/mol. The first kappa shape index (κ1) is 14.6. The van der Waals surface area contributed by atoms with Crippen molar-refractivity contribution in [3.63, 3.8) is 0 Å². The highest BCUT2D eigenvalue weighted by Crippen LogP contribution is 2.35. The summed E-state index contributed by atoms with van der Waals surface area (Å²) >= 11 is 0. The molecule has 1 aromatic heterocycles. The number of nitrogens with one attached hydrogen (secondary N) is 1. The van der Waals surface area contributed by atoms with Gasteiger partial charge in [0.15, 0.2) is 0 Å². The summed E-state index contributed by atoms with van der Waals surface area (Å²) in [6.07, 6.45) is 4.59. The fourth-order valence-electron chi connectivity index (χ4n) is 2.52. The summed E-state index contributed by atoms with van der Waals surface area (Å²) in [5, 5.41) is 3.14. The van der Waals surface area contributed by atoms with Gasteiger partial charge in [-0.2, -0.15) is 0 Å². The Bertz CT molecular complexity index is 374. The average molecular weight is 266 g/mol. The van der Waals surface area contributed by atoms with Crippen molar-refractivity contribution in [1.82, 2.24) is 10.2 Å². The SMILES string of the molecule is CNCc1coc(CN(CCOC)C(C)C2CC2)c1. The van der Waals surface area contributed by atoms with Crippen molar-refractivity contribution < 1.29 is 9.15 Å². The van der Waals surface area contributed by atoms with Crippen LogP contribution in [0.25, 0.3) is 0 Å². The fourth-order valence-corrected chi connectivity index (χ4v) is 2.52. The fraction of sp³-hybridized carbons (Fsp3) is 0.733. The maximum atomic E-state index is 5.66. The van der Waals surface area contributed by atoms with E-state index in [4.69, 9.17) is 9.15 Å². The normalized spacial score (nSPS) is 17.1. The number of furan rings is 1. The lowest BCUT2D eigenvalue weighted by Gasteiger charge is -2.28. The summed E-state index contributed by atoms with van der Waals surface area (Å²) in [6.45, 7) is 5.81. The van der Waals surface area contributed by atoms with Gasteiger partial charge in [0.2, 0.25) is 0 Å². The molecular weight excluding hydrogens is 240 g/mol. The Morgan fingerprint density at radius 3 is 2.95 bits per heavy atom. The third kappa shape index (κ3) is 4.34. The van der Waals surface area contributed by atoms with Crippen molar-refractivity contribution >= 4 is 0 Å². The molecule has 1 heterocycles. The third-order valence-corrected chi connectivity index (χ3v) is 3.91. The Labute approximate surface area is 116 Å². The number of hydrogen-bond donors (Lipinski definition) is 1. The van der Waals surface area contributed by atoms with Crippen molar-refractivity contribution in [3.05, 3.63) is 23.7 Å². The van der Waals surface area contributed by atoms with Crippen LogP contribution >= 0.6 is 0 Å². The number of hydrogen-bond acceptors (Lipinski definition) is 4. The van der Waals surface area contributed by atoms with Crippen LogP contribution in [0.1, 0.15) is 31.1 Å². The molecule has 0 amide bonds. The first-order valence-electron chi connectivity index (χ1n) is 7.18. The number of ether oxygens (including phenoxy) is 1. The van der Waals surface area contributed by atoms with E-state index in [1.807, 2.05) is 13.3 Å². The number of rotatable bonds is 9. The summed E-state index contributed by atoms with van der Waals surface area (Å²) in [4.78, 5) is 2.48. The van der Waals surface area contributed by atoms with E-state index in [0.29, 0.717) is 6.04 Å². The third-order valence-electron chi connectivity index (χ3n) is 3.91. The standard InChI is InChI=1S/C15H26N2O2/c1-12(14-4-5-14)17(6-7-18-3)10-15-8-13(9-16-2)11-19-15/h8,11-12,14,16H,4-7,9-10H2,1-3H3. The highest BCUT2D eigenvalue weighted by Gasteiger charge is 2.32. The second kappa shape index (κ2) is 7.08. The lowest BCUT2D eigenvalue weighted by atomic mass is 10.1. The van der Waals surface area contributed by atoms with Crippen LogP contribution in [0.3, 0.4) is 0 Å². The van der Waals surface area contributed by atoms with Crippen molar-refractivity contribution in [2.45, 2.75) is 38.9 Å². The van der Waals surface area contributed by atoms with Crippen molar-refractivity contribution in [3.8, 4) is 0 Å². The first-order valence-corrected chi connectivity index (χ1v) is 7.18. The molecule has 0 aromatic carbocycles. The Hall–Kier alpha value is -0.840. The quantitative estimate of drug-likeness (QED) is 0.744. The molecule has 1 aliphatic carbocycles. The molecule has 108 valence electrons. The molecule has 4 heteroatoms. The molecule has 1 unspecified atom stereocenters. The van der Waals surface area contributed by atoms with Crippen LogP contribution in [0.5, 0.6) is 0 Å². The largest absolute Gasteiger partial charge is 0.468 e. The van der Waals surface area contributed by atoms with Gasteiger partial charge in [0.1, 0.15) is 5.76 Å². The Balaban J connectivity index is 1.92. The number of methoxy groups -OCH3 is 1. The molecule has 1 fully saturated rings. The van der Waals surface area contributed by atoms with E-state index in [9.17, 15) is 0 Å². The molecule has 0 spiro atoms. The highest BCUT2D eigenvalue weighted by molar-refractivity contribution is 5.12. The minimum atomic E-state index is 0.619. The zero-order valence-corrected chi connectivity index (χ0v) is 12.3. The minimum Gasteiger partial charge on any atom is -0.468 e. The van der Waals surface area contributed by atoms with Gasteiger partial charge in [0.05, 0.1) is 19.4 Å². The highest BCUT2D eigenvalue weighted by atomic mass is 16.5. The molecule has 4 nitrogen and oxygen atoms in total. The van der Waals surface area contributed by atoms with Crippen LogP contribution in [0.15, 0.2) is 16.7 Å². The molecule has 1 aliphatic rings. The Kier molecular flexibility index (Phi) is 5.43. The summed E-state index contributed by atoms with van der Waals surface area (Å²) in [7, 11) is 3.71. The lowest BCUT2D eigenvalue weighted by Crippen LogP contribution is -2.36. The topological polar surface area (TPSA) is 37.6 Å². The van der Waals surface area contributed by atoms with Gasteiger partial charge in [0.25, 0.3) is 0 Å². The Morgan fingerprint density at radius 2 is 2.32 bits per heavy atom. The smallest absolute Gasteiger partial charge is 0.118 e. The van der Waals surface area contributed by atoms with Crippen LogP contribution in [0.4, 0.5) is 0 Å². The molecule has 0 bridgehead atoms. The van der Waals surface area contributed by atoms with Gasteiger partial charge in [-0.25, -0.2) is 0 Å². The van der Waals surface area contributed by atoms with E-state index in [2.05, 4.69) is 23.2 Å². The Morgan fingerprint density at radius 1 is 1.53 bits per heavy atom. The van der Waals surface area contributed by atoms with Gasteiger partial charge >= 0.3 is 0 Å². The van der Waals surface area contributed by atoms with Crippen LogP contribution in [-0.2, 0) is 17.8 Å². The molecule has 19 heavy (non-hydrogen) atoms.